The number of benzene rings is 1. The summed E-state index contributed by atoms with van der Waals surface area (Å²) < 4.78 is 5.86. The monoisotopic (exact) mass is 315 g/mol. The maximum absolute atomic E-state index is 12.5. The summed E-state index contributed by atoms with van der Waals surface area (Å²) in [4.78, 5) is 21.2. The Kier molecular flexibility index (Phi) is 4.84. The number of amides is 1. The first-order valence-electron chi connectivity index (χ1n) is 8.58. The lowest BCUT2D eigenvalue weighted by Crippen LogP contribution is -2.38. The fraction of sp³-hybridized carbons (Fsp3) is 0.556. The molecule has 1 aromatic carbocycles. The van der Waals surface area contributed by atoms with E-state index >= 15 is 0 Å². The molecule has 5 nitrogen and oxygen atoms in total. The molecule has 1 fully saturated rings. The second-order valence-electron chi connectivity index (χ2n) is 6.32. The molecule has 1 saturated heterocycles. The highest BCUT2D eigenvalue weighted by atomic mass is 16.4. The molecule has 1 aliphatic heterocycles. The predicted octanol–water partition coefficient (Wildman–Crippen LogP) is 3.30. The van der Waals surface area contributed by atoms with E-state index in [4.69, 9.17) is 4.42 Å². The number of carbonyl (C=O) groups excluding carboxylic acids is 1. The first kappa shape index (κ1) is 15.8. The van der Waals surface area contributed by atoms with Crippen molar-refractivity contribution in [3.05, 3.63) is 24.3 Å². The number of hydrogen-bond donors (Lipinski definition) is 0. The van der Waals surface area contributed by atoms with Crippen molar-refractivity contribution in [2.45, 2.75) is 33.1 Å². The topological polar surface area (TPSA) is 49.6 Å². The molecule has 0 aliphatic carbocycles. The van der Waals surface area contributed by atoms with Crippen LogP contribution in [0, 0.1) is 5.92 Å². The van der Waals surface area contributed by atoms with Gasteiger partial charge in [-0.25, -0.2) is 0 Å². The van der Waals surface area contributed by atoms with Gasteiger partial charge >= 0.3 is 0 Å². The minimum absolute atomic E-state index is 0.121. The smallest absolute Gasteiger partial charge is 0.298 e. The molecule has 2 heterocycles. The number of para-hydroxylation sites is 2. The molecular weight excluding hydrogens is 290 g/mol. The Hall–Kier alpha value is -2.04. The Bertz CT molecular complexity index is 634. The highest BCUT2D eigenvalue weighted by Gasteiger charge is 2.24. The zero-order valence-electron chi connectivity index (χ0n) is 14.0. The fourth-order valence-electron chi connectivity index (χ4n) is 3.19. The van der Waals surface area contributed by atoms with Crippen LogP contribution >= 0.6 is 0 Å². The quantitative estimate of drug-likeness (QED) is 0.868. The van der Waals surface area contributed by atoms with Crippen LogP contribution in [0.25, 0.3) is 11.1 Å². The molecule has 2 aromatic rings. The molecule has 0 N–H and O–H groups in total. The van der Waals surface area contributed by atoms with Crippen LogP contribution in [-0.4, -0.2) is 42.0 Å². The van der Waals surface area contributed by atoms with E-state index in [1.165, 1.54) is 0 Å². The second-order valence-corrected chi connectivity index (χ2v) is 6.32. The van der Waals surface area contributed by atoms with Gasteiger partial charge in [0.1, 0.15) is 5.52 Å². The minimum Gasteiger partial charge on any atom is -0.423 e. The Morgan fingerprint density at radius 1 is 1.26 bits per heavy atom. The van der Waals surface area contributed by atoms with Crippen molar-refractivity contribution in [3.8, 4) is 0 Å². The SMILES string of the molecule is CCCC(C)C(=O)N1CCCN(c2nc3ccccc3o2)CC1. The molecule has 3 rings (SSSR count). The molecule has 1 atom stereocenters. The zero-order chi connectivity index (χ0) is 16.2. The summed E-state index contributed by atoms with van der Waals surface area (Å²) in [5, 5.41) is 0. The normalized spacial score (nSPS) is 17.3. The molecule has 0 saturated carbocycles. The summed E-state index contributed by atoms with van der Waals surface area (Å²) in [6.07, 6.45) is 2.96. The summed E-state index contributed by atoms with van der Waals surface area (Å²) in [5.74, 6) is 0.405. The number of fused-ring (bicyclic) bond motifs is 1. The third kappa shape index (κ3) is 3.49. The van der Waals surface area contributed by atoms with Gasteiger partial charge in [-0.05, 0) is 25.0 Å². The minimum atomic E-state index is 0.121. The van der Waals surface area contributed by atoms with Crippen molar-refractivity contribution in [1.82, 2.24) is 9.88 Å². The highest BCUT2D eigenvalue weighted by Crippen LogP contribution is 2.23. The van der Waals surface area contributed by atoms with E-state index in [-0.39, 0.29) is 11.8 Å². The highest BCUT2D eigenvalue weighted by molar-refractivity contribution is 5.78. The number of carbonyl (C=O) groups is 1. The van der Waals surface area contributed by atoms with Crippen LogP contribution in [0.1, 0.15) is 33.1 Å². The first-order valence-corrected chi connectivity index (χ1v) is 8.58. The molecule has 0 bridgehead atoms. The van der Waals surface area contributed by atoms with Gasteiger partial charge in [-0.3, -0.25) is 4.79 Å². The van der Waals surface area contributed by atoms with Gasteiger partial charge in [0.15, 0.2) is 5.58 Å². The molecule has 124 valence electrons. The van der Waals surface area contributed by atoms with Crippen LogP contribution in [0.15, 0.2) is 28.7 Å². The molecule has 5 heteroatoms. The summed E-state index contributed by atoms with van der Waals surface area (Å²) in [6.45, 7) is 7.38. The lowest BCUT2D eigenvalue weighted by Gasteiger charge is -2.24. The third-order valence-corrected chi connectivity index (χ3v) is 4.50. The van der Waals surface area contributed by atoms with E-state index in [2.05, 4.69) is 16.8 Å². The number of rotatable bonds is 4. The van der Waals surface area contributed by atoms with Crippen LogP contribution in [0.5, 0.6) is 0 Å². The van der Waals surface area contributed by atoms with Crippen LogP contribution < -0.4 is 4.90 Å². The van der Waals surface area contributed by atoms with Gasteiger partial charge < -0.3 is 14.2 Å². The van der Waals surface area contributed by atoms with Crippen molar-refractivity contribution in [3.63, 3.8) is 0 Å². The standard InChI is InChI=1S/C18H25N3O2/c1-3-7-14(2)17(22)20-10-6-11-21(13-12-20)18-19-15-8-4-5-9-16(15)23-18/h4-5,8-9,14H,3,6-7,10-13H2,1-2H3. The summed E-state index contributed by atoms with van der Waals surface area (Å²) >= 11 is 0. The van der Waals surface area contributed by atoms with Gasteiger partial charge in [-0.2, -0.15) is 4.98 Å². The van der Waals surface area contributed by atoms with Crippen LogP contribution in [0.3, 0.4) is 0 Å². The number of aromatic nitrogens is 1. The van der Waals surface area contributed by atoms with Crippen molar-refractivity contribution < 1.29 is 9.21 Å². The zero-order valence-corrected chi connectivity index (χ0v) is 14.0. The molecule has 1 aromatic heterocycles. The van der Waals surface area contributed by atoms with Gasteiger partial charge in [0.25, 0.3) is 6.01 Å². The largest absolute Gasteiger partial charge is 0.423 e. The van der Waals surface area contributed by atoms with Gasteiger partial charge in [0, 0.05) is 32.1 Å². The van der Waals surface area contributed by atoms with Gasteiger partial charge in [-0.15, -0.1) is 0 Å². The summed E-state index contributed by atoms with van der Waals surface area (Å²) in [7, 11) is 0. The van der Waals surface area contributed by atoms with Crippen LogP contribution in [-0.2, 0) is 4.79 Å². The van der Waals surface area contributed by atoms with Crippen LogP contribution in [0.4, 0.5) is 6.01 Å². The summed E-state index contributed by atoms with van der Waals surface area (Å²) in [6, 6.07) is 8.48. The van der Waals surface area contributed by atoms with E-state index in [0.29, 0.717) is 6.01 Å². The number of anilines is 1. The van der Waals surface area contributed by atoms with E-state index in [9.17, 15) is 4.79 Å². The lowest BCUT2D eigenvalue weighted by molar-refractivity contribution is -0.135. The second kappa shape index (κ2) is 7.02. The Morgan fingerprint density at radius 2 is 2.09 bits per heavy atom. The van der Waals surface area contributed by atoms with Crippen molar-refractivity contribution in [2.24, 2.45) is 5.92 Å². The van der Waals surface area contributed by atoms with Gasteiger partial charge in [-0.1, -0.05) is 32.4 Å². The Labute approximate surface area is 137 Å². The average molecular weight is 315 g/mol. The molecule has 0 spiro atoms. The third-order valence-electron chi connectivity index (χ3n) is 4.50. The lowest BCUT2D eigenvalue weighted by atomic mass is 10.0. The van der Waals surface area contributed by atoms with E-state index in [0.717, 1.165) is 56.5 Å². The molecule has 0 radical (unpaired) electrons. The Morgan fingerprint density at radius 3 is 2.87 bits per heavy atom. The molecular formula is C18H25N3O2. The van der Waals surface area contributed by atoms with Crippen molar-refractivity contribution in [1.29, 1.82) is 0 Å². The maximum Gasteiger partial charge on any atom is 0.298 e. The van der Waals surface area contributed by atoms with Crippen LogP contribution in [0.2, 0.25) is 0 Å². The Balaban J connectivity index is 1.67. The maximum atomic E-state index is 12.5. The number of nitrogens with zero attached hydrogens (tertiary/aromatic N) is 3. The van der Waals surface area contributed by atoms with Gasteiger partial charge in [0.2, 0.25) is 5.91 Å². The molecule has 1 aliphatic rings. The molecule has 23 heavy (non-hydrogen) atoms. The number of oxazole rings is 1. The van der Waals surface area contributed by atoms with E-state index in [1.807, 2.05) is 36.1 Å². The summed E-state index contributed by atoms with van der Waals surface area (Å²) in [5.41, 5.74) is 1.70. The average Bonchev–Trinajstić information content (AvgIpc) is 2.84. The molecule has 1 unspecified atom stereocenters. The van der Waals surface area contributed by atoms with Crippen molar-refractivity contribution in [2.75, 3.05) is 31.1 Å². The van der Waals surface area contributed by atoms with E-state index in [1.54, 1.807) is 0 Å². The fourth-order valence-corrected chi connectivity index (χ4v) is 3.19. The van der Waals surface area contributed by atoms with E-state index < -0.39 is 0 Å². The number of hydrogen-bond acceptors (Lipinski definition) is 4. The predicted molar refractivity (Wildman–Crippen MR) is 91.5 cm³/mol. The van der Waals surface area contributed by atoms with Gasteiger partial charge in [0.05, 0.1) is 0 Å². The molecule has 1 amide bonds. The van der Waals surface area contributed by atoms with Crippen molar-refractivity contribution >= 4 is 23.0 Å². The first-order chi connectivity index (χ1) is 11.2.